The van der Waals surface area contributed by atoms with Crippen LogP contribution in [-0.4, -0.2) is 47.5 Å². The fourth-order valence-electron chi connectivity index (χ4n) is 3.53. The average molecular weight is 359 g/mol. The summed E-state index contributed by atoms with van der Waals surface area (Å²) < 4.78 is 19.6. The van der Waals surface area contributed by atoms with E-state index >= 15 is 0 Å². The topological polar surface area (TPSA) is 58.4 Å². The number of unbranched alkanes of at least 4 members (excludes halogenated alkanes) is 1. The van der Waals surface area contributed by atoms with Gasteiger partial charge in [0.2, 0.25) is 0 Å². The van der Waals surface area contributed by atoms with Gasteiger partial charge >= 0.3 is 0 Å². The molecule has 1 aliphatic heterocycles. The fourth-order valence-corrected chi connectivity index (χ4v) is 3.53. The first-order valence-electron chi connectivity index (χ1n) is 9.38. The molecule has 0 aliphatic carbocycles. The minimum atomic E-state index is -0.239. The third-order valence-electron chi connectivity index (χ3n) is 4.93. The molecular weight excluding hydrogens is 330 g/mol. The summed E-state index contributed by atoms with van der Waals surface area (Å²) in [5, 5.41) is 4.43. The SMILES string of the molecule is CCCCOC(C(Cc1ccccc1)n1cncn1)C1(C)COCOC1. The van der Waals surface area contributed by atoms with Crippen molar-refractivity contribution in [3.63, 3.8) is 0 Å². The molecule has 0 spiro atoms. The van der Waals surface area contributed by atoms with Gasteiger partial charge in [-0.1, -0.05) is 50.6 Å². The highest BCUT2D eigenvalue weighted by atomic mass is 16.7. The monoisotopic (exact) mass is 359 g/mol. The highest BCUT2D eigenvalue weighted by molar-refractivity contribution is 5.16. The molecule has 26 heavy (non-hydrogen) atoms. The van der Waals surface area contributed by atoms with Gasteiger partial charge in [-0.3, -0.25) is 0 Å². The fraction of sp³-hybridized carbons (Fsp3) is 0.600. The van der Waals surface area contributed by atoms with E-state index in [0.717, 1.165) is 25.9 Å². The van der Waals surface area contributed by atoms with Crippen molar-refractivity contribution < 1.29 is 14.2 Å². The molecule has 1 aromatic carbocycles. The van der Waals surface area contributed by atoms with Crippen LogP contribution in [0.2, 0.25) is 0 Å². The van der Waals surface area contributed by atoms with Gasteiger partial charge in [-0.05, 0) is 18.4 Å². The molecule has 6 nitrogen and oxygen atoms in total. The highest BCUT2D eigenvalue weighted by Crippen LogP contribution is 2.36. The molecule has 1 aromatic heterocycles. The van der Waals surface area contributed by atoms with E-state index in [-0.39, 0.29) is 17.6 Å². The molecule has 0 saturated carbocycles. The Balaban J connectivity index is 1.89. The molecule has 0 bridgehead atoms. The van der Waals surface area contributed by atoms with Crippen LogP contribution in [0, 0.1) is 5.41 Å². The predicted molar refractivity (Wildman–Crippen MR) is 98.7 cm³/mol. The molecule has 0 N–H and O–H groups in total. The Morgan fingerprint density at radius 1 is 1.23 bits per heavy atom. The van der Waals surface area contributed by atoms with Gasteiger partial charge < -0.3 is 14.2 Å². The Morgan fingerprint density at radius 2 is 2.00 bits per heavy atom. The maximum absolute atomic E-state index is 6.43. The molecule has 2 unspecified atom stereocenters. The van der Waals surface area contributed by atoms with E-state index in [4.69, 9.17) is 14.2 Å². The van der Waals surface area contributed by atoms with E-state index in [1.807, 2.05) is 10.7 Å². The van der Waals surface area contributed by atoms with Gasteiger partial charge in [0, 0.05) is 12.0 Å². The summed E-state index contributed by atoms with van der Waals surface area (Å²) in [6, 6.07) is 10.5. The van der Waals surface area contributed by atoms with Gasteiger partial charge in [0.05, 0.1) is 25.4 Å². The van der Waals surface area contributed by atoms with Crippen molar-refractivity contribution in [1.29, 1.82) is 0 Å². The maximum Gasteiger partial charge on any atom is 0.146 e. The zero-order valence-corrected chi connectivity index (χ0v) is 15.7. The lowest BCUT2D eigenvalue weighted by Crippen LogP contribution is -2.50. The van der Waals surface area contributed by atoms with Crippen LogP contribution in [0.5, 0.6) is 0 Å². The van der Waals surface area contributed by atoms with Gasteiger partial charge in [0.1, 0.15) is 19.4 Å². The van der Waals surface area contributed by atoms with Crippen molar-refractivity contribution >= 4 is 0 Å². The minimum Gasteiger partial charge on any atom is -0.375 e. The molecule has 0 radical (unpaired) electrons. The second-order valence-electron chi connectivity index (χ2n) is 7.25. The number of nitrogens with zero attached hydrogens (tertiary/aromatic N) is 3. The van der Waals surface area contributed by atoms with Crippen molar-refractivity contribution in [2.45, 2.75) is 45.3 Å². The van der Waals surface area contributed by atoms with Crippen LogP contribution in [0.25, 0.3) is 0 Å². The third kappa shape index (κ3) is 4.69. The van der Waals surface area contributed by atoms with Crippen molar-refractivity contribution in [2.75, 3.05) is 26.6 Å². The summed E-state index contributed by atoms with van der Waals surface area (Å²) >= 11 is 0. The lowest BCUT2D eigenvalue weighted by Gasteiger charge is -2.43. The number of hydrogen-bond donors (Lipinski definition) is 0. The van der Waals surface area contributed by atoms with Crippen LogP contribution >= 0.6 is 0 Å². The Hall–Kier alpha value is -1.76. The molecule has 2 atom stereocenters. The van der Waals surface area contributed by atoms with Gasteiger partial charge in [0.25, 0.3) is 0 Å². The number of hydrogen-bond acceptors (Lipinski definition) is 5. The Bertz CT molecular complexity index is 627. The second kappa shape index (κ2) is 9.26. The molecule has 1 aliphatic rings. The molecular formula is C20H29N3O3. The molecule has 0 amide bonds. The highest BCUT2D eigenvalue weighted by Gasteiger charge is 2.43. The van der Waals surface area contributed by atoms with Crippen molar-refractivity contribution in [3.05, 3.63) is 48.5 Å². The third-order valence-corrected chi connectivity index (χ3v) is 4.93. The van der Waals surface area contributed by atoms with Crippen molar-refractivity contribution in [3.8, 4) is 0 Å². The van der Waals surface area contributed by atoms with E-state index in [1.54, 1.807) is 12.7 Å². The van der Waals surface area contributed by atoms with E-state index in [1.165, 1.54) is 5.56 Å². The Morgan fingerprint density at radius 3 is 2.65 bits per heavy atom. The Kier molecular flexibility index (Phi) is 6.77. The smallest absolute Gasteiger partial charge is 0.146 e. The van der Waals surface area contributed by atoms with Gasteiger partial charge in [0.15, 0.2) is 0 Å². The maximum atomic E-state index is 6.43. The summed E-state index contributed by atoms with van der Waals surface area (Å²) in [4.78, 5) is 4.17. The largest absolute Gasteiger partial charge is 0.375 e. The normalized spacial score (nSPS) is 19.2. The lowest BCUT2D eigenvalue weighted by molar-refractivity contribution is -0.207. The first-order chi connectivity index (χ1) is 12.7. The minimum absolute atomic E-state index is 0.0204. The molecule has 1 fully saturated rings. The lowest BCUT2D eigenvalue weighted by atomic mass is 9.79. The molecule has 2 heterocycles. The van der Waals surface area contributed by atoms with E-state index in [2.05, 4.69) is 48.2 Å². The first kappa shape index (κ1) is 19.0. The summed E-state index contributed by atoms with van der Waals surface area (Å²) in [5.41, 5.74) is 1.01. The number of benzene rings is 1. The van der Waals surface area contributed by atoms with Crippen LogP contribution in [0.15, 0.2) is 43.0 Å². The molecule has 1 saturated heterocycles. The van der Waals surface area contributed by atoms with E-state index in [9.17, 15) is 0 Å². The van der Waals surface area contributed by atoms with Crippen LogP contribution in [0.3, 0.4) is 0 Å². The summed E-state index contributed by atoms with van der Waals surface area (Å²) in [5.74, 6) is 0. The van der Waals surface area contributed by atoms with Gasteiger partial charge in [-0.25, -0.2) is 9.67 Å². The van der Waals surface area contributed by atoms with Crippen LogP contribution in [-0.2, 0) is 20.6 Å². The Labute approximate surface area is 155 Å². The molecule has 2 aromatic rings. The molecule has 6 heteroatoms. The van der Waals surface area contributed by atoms with E-state index in [0.29, 0.717) is 20.0 Å². The number of ether oxygens (including phenoxy) is 3. The zero-order valence-electron chi connectivity index (χ0n) is 15.7. The zero-order chi connectivity index (χ0) is 18.2. The standard InChI is InChI=1S/C20H29N3O3/c1-3-4-10-26-19(20(2)12-24-16-25-13-20)18(23-15-21-14-22-23)11-17-8-6-5-7-9-17/h5-9,14-15,18-19H,3-4,10-13,16H2,1-2H3. The van der Waals surface area contributed by atoms with Gasteiger partial charge in [-0.15, -0.1) is 0 Å². The number of rotatable bonds is 9. The first-order valence-corrected chi connectivity index (χ1v) is 9.38. The van der Waals surface area contributed by atoms with Crippen LogP contribution in [0.1, 0.15) is 38.3 Å². The van der Waals surface area contributed by atoms with Crippen molar-refractivity contribution in [1.82, 2.24) is 14.8 Å². The summed E-state index contributed by atoms with van der Waals surface area (Å²) in [6.45, 7) is 6.65. The quantitative estimate of drug-likeness (QED) is 0.643. The summed E-state index contributed by atoms with van der Waals surface area (Å²) in [6.07, 6.45) is 6.22. The van der Waals surface area contributed by atoms with Crippen LogP contribution < -0.4 is 0 Å². The van der Waals surface area contributed by atoms with Crippen molar-refractivity contribution in [2.24, 2.45) is 5.41 Å². The van der Waals surface area contributed by atoms with Crippen LogP contribution in [0.4, 0.5) is 0 Å². The average Bonchev–Trinajstić information content (AvgIpc) is 3.20. The number of aromatic nitrogens is 3. The van der Waals surface area contributed by atoms with Gasteiger partial charge in [-0.2, -0.15) is 5.10 Å². The second-order valence-corrected chi connectivity index (χ2v) is 7.25. The predicted octanol–water partition coefficient (Wildman–Crippen LogP) is 3.26. The molecule has 142 valence electrons. The summed E-state index contributed by atoms with van der Waals surface area (Å²) in [7, 11) is 0. The van der Waals surface area contributed by atoms with E-state index < -0.39 is 0 Å². The molecule has 3 rings (SSSR count).